The number of aromatic nitrogens is 2. The molecule has 144 valence electrons. The van der Waals surface area contributed by atoms with Crippen LogP contribution in [0, 0.1) is 0 Å². The number of nitrogens with one attached hydrogen (secondary N) is 1. The van der Waals surface area contributed by atoms with Gasteiger partial charge in [-0.25, -0.2) is 4.79 Å². The monoisotopic (exact) mass is 364 g/mol. The number of fused-ring (bicyclic) bond motifs is 1. The molecule has 1 fully saturated rings. The van der Waals surface area contributed by atoms with Gasteiger partial charge in [0, 0.05) is 44.4 Å². The number of ether oxygens (including phenoxy) is 2. The second-order valence-electron chi connectivity index (χ2n) is 7.89. The minimum Gasteiger partial charge on any atom is -0.444 e. The van der Waals surface area contributed by atoms with Crippen LogP contribution in [-0.2, 0) is 29.5 Å². The lowest BCUT2D eigenvalue weighted by atomic mass is 10.0. The average molecular weight is 364 g/mol. The first kappa shape index (κ1) is 18.7. The Morgan fingerprint density at radius 3 is 2.81 bits per heavy atom. The zero-order chi connectivity index (χ0) is 18.9. The van der Waals surface area contributed by atoms with E-state index >= 15 is 0 Å². The molecule has 8 heteroatoms. The van der Waals surface area contributed by atoms with E-state index in [1.807, 2.05) is 27.8 Å². The molecule has 26 heavy (non-hydrogen) atoms. The number of amides is 2. The molecule has 8 nitrogen and oxygen atoms in total. The van der Waals surface area contributed by atoms with Crippen molar-refractivity contribution in [2.45, 2.75) is 58.3 Å². The fraction of sp³-hybridized carbons (Fsp3) is 0.722. The van der Waals surface area contributed by atoms with Crippen LogP contribution in [0.25, 0.3) is 0 Å². The zero-order valence-corrected chi connectivity index (χ0v) is 16.0. The second kappa shape index (κ2) is 7.26. The van der Waals surface area contributed by atoms with Gasteiger partial charge in [0.25, 0.3) is 5.91 Å². The normalized spacial score (nSPS) is 20.0. The van der Waals surface area contributed by atoms with E-state index in [0.29, 0.717) is 31.7 Å². The molecule has 2 aliphatic heterocycles. The summed E-state index contributed by atoms with van der Waals surface area (Å²) in [5, 5.41) is 7.30. The Morgan fingerprint density at radius 2 is 2.15 bits per heavy atom. The van der Waals surface area contributed by atoms with Crippen LogP contribution in [-0.4, -0.2) is 58.1 Å². The molecule has 0 bridgehead atoms. The van der Waals surface area contributed by atoms with Gasteiger partial charge in [-0.3, -0.25) is 9.48 Å². The SMILES string of the molecule is Cn1nc(C(=O)NCC2CCCO2)c2c1CCN(C(=O)OC(C)(C)C)C2. The molecule has 3 heterocycles. The van der Waals surface area contributed by atoms with Crippen LogP contribution < -0.4 is 5.32 Å². The molecule has 2 amide bonds. The van der Waals surface area contributed by atoms with Crippen molar-refractivity contribution in [3.8, 4) is 0 Å². The fourth-order valence-corrected chi connectivity index (χ4v) is 3.35. The Bertz CT molecular complexity index is 686. The molecule has 0 aliphatic carbocycles. The Kier molecular flexibility index (Phi) is 5.22. The van der Waals surface area contributed by atoms with Crippen LogP contribution in [0.5, 0.6) is 0 Å². The maximum atomic E-state index is 12.6. The summed E-state index contributed by atoms with van der Waals surface area (Å²) in [5.41, 5.74) is 1.63. The highest BCUT2D eigenvalue weighted by Gasteiger charge is 2.31. The van der Waals surface area contributed by atoms with Crippen LogP contribution in [0.2, 0.25) is 0 Å². The van der Waals surface area contributed by atoms with Crippen molar-refractivity contribution >= 4 is 12.0 Å². The predicted octanol–water partition coefficient (Wildman–Crippen LogP) is 1.62. The number of rotatable bonds is 3. The van der Waals surface area contributed by atoms with Gasteiger partial charge in [0.1, 0.15) is 5.60 Å². The van der Waals surface area contributed by atoms with Crippen molar-refractivity contribution in [1.29, 1.82) is 0 Å². The molecule has 0 saturated carbocycles. The first-order chi connectivity index (χ1) is 12.2. The first-order valence-corrected chi connectivity index (χ1v) is 9.17. The van der Waals surface area contributed by atoms with E-state index in [1.165, 1.54) is 0 Å². The minimum atomic E-state index is -0.548. The van der Waals surface area contributed by atoms with Crippen molar-refractivity contribution < 1.29 is 19.1 Å². The minimum absolute atomic E-state index is 0.0803. The number of hydrogen-bond acceptors (Lipinski definition) is 5. The smallest absolute Gasteiger partial charge is 0.410 e. The zero-order valence-electron chi connectivity index (χ0n) is 16.0. The molecule has 0 aromatic carbocycles. The topological polar surface area (TPSA) is 85.7 Å². The molecule has 1 atom stereocenters. The van der Waals surface area contributed by atoms with Crippen LogP contribution in [0.1, 0.15) is 55.4 Å². The summed E-state index contributed by atoms with van der Waals surface area (Å²) in [6, 6.07) is 0. The molecule has 1 N–H and O–H groups in total. The summed E-state index contributed by atoms with van der Waals surface area (Å²) in [4.78, 5) is 26.6. The number of carbonyl (C=O) groups is 2. The predicted molar refractivity (Wildman–Crippen MR) is 94.9 cm³/mol. The van der Waals surface area contributed by atoms with Crippen LogP contribution >= 0.6 is 0 Å². The lowest BCUT2D eigenvalue weighted by Crippen LogP contribution is -2.40. The van der Waals surface area contributed by atoms with Crippen molar-refractivity contribution in [2.24, 2.45) is 7.05 Å². The Balaban J connectivity index is 1.70. The van der Waals surface area contributed by atoms with Gasteiger partial charge in [-0.15, -0.1) is 0 Å². The van der Waals surface area contributed by atoms with Gasteiger partial charge in [-0.05, 0) is 33.6 Å². The molecule has 0 radical (unpaired) electrons. The van der Waals surface area contributed by atoms with Gasteiger partial charge in [-0.1, -0.05) is 0 Å². The van der Waals surface area contributed by atoms with Crippen LogP contribution in [0.15, 0.2) is 0 Å². The standard InChI is InChI=1S/C18H28N4O4/c1-18(2,3)26-17(24)22-8-7-14-13(11-22)15(20-21(14)4)16(23)19-10-12-6-5-9-25-12/h12H,5-11H2,1-4H3,(H,19,23). The fourth-order valence-electron chi connectivity index (χ4n) is 3.35. The van der Waals surface area contributed by atoms with E-state index in [4.69, 9.17) is 9.47 Å². The van der Waals surface area contributed by atoms with Crippen LogP contribution in [0.3, 0.4) is 0 Å². The third-order valence-electron chi connectivity index (χ3n) is 4.62. The van der Waals surface area contributed by atoms with Crippen molar-refractivity contribution in [3.05, 3.63) is 17.0 Å². The third kappa shape index (κ3) is 4.17. The molecule has 1 aromatic rings. The second-order valence-corrected chi connectivity index (χ2v) is 7.89. The molecule has 0 spiro atoms. The highest BCUT2D eigenvalue weighted by Crippen LogP contribution is 2.24. The summed E-state index contributed by atoms with van der Waals surface area (Å²) in [6.07, 6.45) is 2.36. The molecule has 3 rings (SSSR count). The van der Waals surface area contributed by atoms with Gasteiger partial charge < -0.3 is 19.7 Å². The summed E-state index contributed by atoms with van der Waals surface area (Å²) in [7, 11) is 1.83. The number of hydrogen-bond donors (Lipinski definition) is 1. The van der Waals surface area contributed by atoms with Gasteiger partial charge >= 0.3 is 6.09 Å². The van der Waals surface area contributed by atoms with E-state index in [1.54, 1.807) is 9.58 Å². The largest absolute Gasteiger partial charge is 0.444 e. The maximum absolute atomic E-state index is 12.6. The Hall–Kier alpha value is -2.09. The molecular formula is C18H28N4O4. The number of carbonyl (C=O) groups excluding carboxylic acids is 2. The molecule has 1 aromatic heterocycles. The van der Waals surface area contributed by atoms with E-state index in [-0.39, 0.29) is 18.1 Å². The molecular weight excluding hydrogens is 336 g/mol. The molecule has 1 unspecified atom stereocenters. The van der Waals surface area contributed by atoms with Crippen molar-refractivity contribution in [2.75, 3.05) is 19.7 Å². The van der Waals surface area contributed by atoms with Crippen molar-refractivity contribution in [1.82, 2.24) is 20.0 Å². The number of aryl methyl sites for hydroxylation is 1. The highest BCUT2D eigenvalue weighted by atomic mass is 16.6. The van der Waals surface area contributed by atoms with E-state index < -0.39 is 5.60 Å². The summed E-state index contributed by atoms with van der Waals surface area (Å²) >= 11 is 0. The molecule has 2 aliphatic rings. The van der Waals surface area contributed by atoms with E-state index in [9.17, 15) is 9.59 Å². The van der Waals surface area contributed by atoms with Gasteiger partial charge in [0.15, 0.2) is 5.69 Å². The summed E-state index contributed by atoms with van der Waals surface area (Å²) < 4.78 is 12.7. The Labute approximate surface area is 153 Å². The Morgan fingerprint density at radius 1 is 1.38 bits per heavy atom. The van der Waals surface area contributed by atoms with E-state index in [2.05, 4.69) is 10.4 Å². The van der Waals surface area contributed by atoms with E-state index in [0.717, 1.165) is 30.7 Å². The summed E-state index contributed by atoms with van der Waals surface area (Å²) in [5.74, 6) is -0.219. The highest BCUT2D eigenvalue weighted by molar-refractivity contribution is 5.94. The lowest BCUT2D eigenvalue weighted by molar-refractivity contribution is 0.0221. The van der Waals surface area contributed by atoms with Gasteiger partial charge in [0.2, 0.25) is 0 Å². The maximum Gasteiger partial charge on any atom is 0.410 e. The first-order valence-electron chi connectivity index (χ1n) is 9.17. The van der Waals surface area contributed by atoms with Gasteiger partial charge in [-0.2, -0.15) is 5.10 Å². The summed E-state index contributed by atoms with van der Waals surface area (Å²) in [6.45, 7) is 7.65. The molecule has 1 saturated heterocycles. The lowest BCUT2D eigenvalue weighted by Gasteiger charge is -2.30. The third-order valence-corrected chi connectivity index (χ3v) is 4.62. The quantitative estimate of drug-likeness (QED) is 0.881. The number of nitrogens with zero attached hydrogens (tertiary/aromatic N) is 3. The van der Waals surface area contributed by atoms with Crippen molar-refractivity contribution in [3.63, 3.8) is 0 Å². The van der Waals surface area contributed by atoms with Crippen LogP contribution in [0.4, 0.5) is 4.79 Å². The van der Waals surface area contributed by atoms with Gasteiger partial charge in [0.05, 0.1) is 12.6 Å². The average Bonchev–Trinajstić information content (AvgIpc) is 3.19.